The molecule has 0 N–H and O–H groups in total. The Bertz CT molecular complexity index is 1720. The molecule has 1 aliphatic rings. The molecule has 3 heterocycles. The van der Waals surface area contributed by atoms with E-state index in [1.807, 2.05) is 49.4 Å². The minimum Gasteiger partial charge on any atom is -0.422 e. The average molecular weight is 548 g/mol. The number of anilines is 1. The van der Waals surface area contributed by atoms with Crippen molar-refractivity contribution in [3.05, 3.63) is 81.2 Å². The number of amides is 1. The van der Waals surface area contributed by atoms with E-state index in [0.717, 1.165) is 58.0 Å². The molecule has 0 bridgehead atoms. The second-order valence-corrected chi connectivity index (χ2v) is 10.8. The summed E-state index contributed by atoms with van der Waals surface area (Å²) in [7, 11) is 0. The normalized spacial score (nSPS) is 14.5. The number of rotatable bonds is 6. The van der Waals surface area contributed by atoms with Crippen LogP contribution < -0.4 is 10.5 Å². The van der Waals surface area contributed by atoms with Crippen LogP contribution >= 0.6 is 22.9 Å². The van der Waals surface area contributed by atoms with Crippen molar-refractivity contribution in [2.24, 2.45) is 0 Å². The Hall–Kier alpha value is -3.30. The molecule has 0 spiro atoms. The molecule has 3 aromatic carbocycles. The summed E-state index contributed by atoms with van der Waals surface area (Å²) in [5.74, 6) is -0.418. The molecule has 1 amide bonds. The maximum Gasteiger partial charge on any atom is 0.349 e. The van der Waals surface area contributed by atoms with Gasteiger partial charge in [-0.3, -0.25) is 14.6 Å². The lowest BCUT2D eigenvalue weighted by Gasteiger charge is -2.27. The van der Waals surface area contributed by atoms with E-state index in [0.29, 0.717) is 35.5 Å². The van der Waals surface area contributed by atoms with Gasteiger partial charge >= 0.3 is 5.63 Å². The molecule has 0 aliphatic carbocycles. The number of aromatic nitrogens is 1. The summed E-state index contributed by atoms with van der Waals surface area (Å²) in [6.45, 7) is 6.32. The van der Waals surface area contributed by atoms with Crippen LogP contribution in [-0.4, -0.2) is 55.2 Å². The van der Waals surface area contributed by atoms with Crippen molar-refractivity contribution in [2.75, 3.05) is 44.3 Å². The van der Waals surface area contributed by atoms with Crippen molar-refractivity contribution in [2.45, 2.75) is 13.3 Å². The van der Waals surface area contributed by atoms with E-state index in [2.05, 4.69) is 4.90 Å². The molecule has 5 aromatic rings. The number of carbonyl (C=O) groups excluding carboxylic acids is 1. The maximum absolute atomic E-state index is 14.0. The molecule has 38 heavy (non-hydrogen) atoms. The molecule has 9 heteroatoms. The van der Waals surface area contributed by atoms with E-state index in [1.54, 1.807) is 17.0 Å². The molecule has 1 fully saturated rings. The van der Waals surface area contributed by atoms with E-state index in [-0.39, 0.29) is 5.56 Å². The first kappa shape index (κ1) is 25.0. The highest BCUT2D eigenvalue weighted by atomic mass is 35.5. The molecule has 6 rings (SSSR count). The Morgan fingerprint density at radius 2 is 1.92 bits per heavy atom. The quantitative estimate of drug-likeness (QED) is 0.195. The molecule has 2 aromatic heterocycles. The minimum atomic E-state index is -0.656. The molecule has 0 saturated carbocycles. The van der Waals surface area contributed by atoms with Crippen molar-refractivity contribution in [1.29, 1.82) is 0 Å². The topological polar surface area (TPSA) is 75.9 Å². The SMILES string of the molecule is Cc1c(Cl)ccc2sc(N(CCCN3CCOCC3)C(=O)c3cc4c(ccc5ccccc54)oc3=O)nc12. The van der Waals surface area contributed by atoms with Gasteiger partial charge in [0.2, 0.25) is 0 Å². The van der Waals surface area contributed by atoms with Gasteiger partial charge < -0.3 is 9.15 Å². The molecule has 194 valence electrons. The third-order valence-corrected chi connectivity index (χ3v) is 8.50. The number of aryl methyl sites for hydroxylation is 1. The summed E-state index contributed by atoms with van der Waals surface area (Å²) in [4.78, 5) is 35.8. The van der Waals surface area contributed by atoms with E-state index in [1.165, 1.54) is 11.3 Å². The van der Waals surface area contributed by atoms with Crippen LogP contribution in [0, 0.1) is 6.92 Å². The summed E-state index contributed by atoms with van der Waals surface area (Å²) >= 11 is 7.76. The molecule has 0 radical (unpaired) electrons. The average Bonchev–Trinajstić information content (AvgIpc) is 3.37. The fraction of sp³-hybridized carbons (Fsp3) is 0.276. The number of hydrogen-bond acceptors (Lipinski definition) is 7. The third-order valence-electron chi connectivity index (χ3n) is 7.04. The number of halogens is 1. The van der Waals surface area contributed by atoms with Crippen LogP contribution in [0.25, 0.3) is 32.0 Å². The van der Waals surface area contributed by atoms with Gasteiger partial charge in [0.05, 0.1) is 23.4 Å². The molecule has 7 nitrogen and oxygen atoms in total. The van der Waals surface area contributed by atoms with E-state index in [4.69, 9.17) is 25.7 Å². The highest BCUT2D eigenvalue weighted by Crippen LogP contribution is 2.34. The van der Waals surface area contributed by atoms with Crippen molar-refractivity contribution in [1.82, 2.24) is 9.88 Å². The van der Waals surface area contributed by atoms with Gasteiger partial charge in [-0.25, -0.2) is 9.78 Å². The summed E-state index contributed by atoms with van der Waals surface area (Å²) in [6.07, 6.45) is 0.725. The van der Waals surface area contributed by atoms with Crippen LogP contribution in [0.3, 0.4) is 0 Å². The van der Waals surface area contributed by atoms with Gasteiger partial charge in [0.25, 0.3) is 5.91 Å². The fourth-order valence-electron chi connectivity index (χ4n) is 4.93. The lowest BCUT2D eigenvalue weighted by Crippen LogP contribution is -2.40. The van der Waals surface area contributed by atoms with Gasteiger partial charge in [0.15, 0.2) is 5.13 Å². The zero-order valence-electron chi connectivity index (χ0n) is 20.9. The lowest BCUT2D eigenvalue weighted by atomic mass is 10.0. The Labute approximate surface area is 228 Å². The number of thiazole rings is 1. The first-order valence-electron chi connectivity index (χ1n) is 12.6. The number of morpholine rings is 1. The standard InChI is InChI=1S/C29H26ClN3O4S/c1-18-23(30)8-10-25-26(18)31-29(38-25)33(12-4-11-32-13-15-36-16-14-32)27(34)22-17-21-20-6-3-2-5-19(20)7-9-24(21)37-28(22)35/h2-3,5-10,17H,4,11-16H2,1H3. The minimum absolute atomic E-state index is 0.00534. The molecule has 0 atom stereocenters. The van der Waals surface area contributed by atoms with E-state index >= 15 is 0 Å². The maximum atomic E-state index is 14.0. The number of hydrogen-bond donors (Lipinski definition) is 0. The van der Waals surface area contributed by atoms with Crippen LogP contribution in [0.5, 0.6) is 0 Å². The molecular weight excluding hydrogens is 522 g/mol. The molecular formula is C29H26ClN3O4S. The van der Waals surface area contributed by atoms with Crippen molar-refractivity contribution >= 4 is 65.9 Å². The van der Waals surface area contributed by atoms with Crippen LogP contribution in [0.1, 0.15) is 22.3 Å². The van der Waals surface area contributed by atoms with Crippen LogP contribution in [-0.2, 0) is 4.74 Å². The smallest absolute Gasteiger partial charge is 0.349 e. The largest absolute Gasteiger partial charge is 0.422 e. The number of fused-ring (bicyclic) bond motifs is 4. The monoisotopic (exact) mass is 547 g/mol. The summed E-state index contributed by atoms with van der Waals surface area (Å²) in [5.41, 5.74) is 1.42. The Kier molecular flexibility index (Phi) is 6.88. The fourth-order valence-corrected chi connectivity index (χ4v) is 6.13. The highest BCUT2D eigenvalue weighted by molar-refractivity contribution is 7.22. The summed E-state index contributed by atoms with van der Waals surface area (Å²) in [5, 5.41) is 3.82. The van der Waals surface area contributed by atoms with E-state index < -0.39 is 11.5 Å². The van der Waals surface area contributed by atoms with Crippen molar-refractivity contribution in [3.63, 3.8) is 0 Å². The zero-order chi connectivity index (χ0) is 26.2. The molecule has 1 aliphatic heterocycles. The van der Waals surface area contributed by atoms with Crippen LogP contribution in [0.2, 0.25) is 5.02 Å². The second kappa shape index (κ2) is 10.5. The van der Waals surface area contributed by atoms with Crippen LogP contribution in [0.4, 0.5) is 5.13 Å². The second-order valence-electron chi connectivity index (χ2n) is 9.43. The summed E-state index contributed by atoms with van der Waals surface area (Å²) < 4.78 is 12.0. The number of carbonyl (C=O) groups is 1. The van der Waals surface area contributed by atoms with Gasteiger partial charge in [-0.15, -0.1) is 0 Å². The van der Waals surface area contributed by atoms with Crippen molar-refractivity contribution in [3.8, 4) is 0 Å². The number of benzene rings is 3. The Morgan fingerprint density at radius 3 is 2.76 bits per heavy atom. The lowest BCUT2D eigenvalue weighted by molar-refractivity contribution is 0.0376. The van der Waals surface area contributed by atoms with Gasteiger partial charge in [-0.05, 0) is 53.9 Å². The predicted octanol–water partition coefficient (Wildman–Crippen LogP) is 5.89. The Morgan fingerprint density at radius 1 is 1.11 bits per heavy atom. The third kappa shape index (κ3) is 4.69. The molecule has 1 saturated heterocycles. The zero-order valence-corrected chi connectivity index (χ0v) is 22.5. The van der Waals surface area contributed by atoms with Gasteiger partial charge in [-0.2, -0.15) is 0 Å². The number of ether oxygens (including phenoxy) is 1. The Balaban J connectivity index is 1.40. The van der Waals surface area contributed by atoms with Crippen molar-refractivity contribution < 1.29 is 13.9 Å². The predicted molar refractivity (Wildman–Crippen MR) is 153 cm³/mol. The first-order valence-corrected chi connectivity index (χ1v) is 13.8. The van der Waals surface area contributed by atoms with Gasteiger partial charge in [0.1, 0.15) is 11.1 Å². The highest BCUT2D eigenvalue weighted by Gasteiger charge is 2.26. The summed E-state index contributed by atoms with van der Waals surface area (Å²) in [6, 6.07) is 16.9. The molecule has 0 unspecified atom stereocenters. The van der Waals surface area contributed by atoms with E-state index in [9.17, 15) is 9.59 Å². The van der Waals surface area contributed by atoms with Gasteiger partial charge in [0, 0.05) is 36.6 Å². The first-order chi connectivity index (χ1) is 18.5. The van der Waals surface area contributed by atoms with Gasteiger partial charge in [-0.1, -0.05) is 53.3 Å². The van der Waals surface area contributed by atoms with Crippen LogP contribution in [0.15, 0.2) is 63.8 Å². The number of nitrogens with zero attached hydrogens (tertiary/aromatic N) is 3.